The van der Waals surface area contributed by atoms with Crippen LogP contribution >= 0.6 is 0 Å². The number of fused-ring (bicyclic) bond motifs is 1. The summed E-state index contributed by atoms with van der Waals surface area (Å²) in [6, 6.07) is 0. The van der Waals surface area contributed by atoms with Gasteiger partial charge in [0.05, 0.1) is 12.2 Å². The minimum atomic E-state index is -0.689. The minimum Gasteiger partial charge on any atom is -0.462 e. The van der Waals surface area contributed by atoms with Crippen molar-refractivity contribution >= 4 is 5.97 Å². The Labute approximate surface area is 168 Å². The van der Waals surface area contributed by atoms with E-state index in [-0.39, 0.29) is 28.8 Å². The van der Waals surface area contributed by atoms with Crippen molar-refractivity contribution in [1.29, 1.82) is 0 Å². The monoisotopic (exact) mass is 386 g/mol. The first-order valence-electron chi connectivity index (χ1n) is 10.9. The first kappa shape index (κ1) is 26.4. The van der Waals surface area contributed by atoms with Gasteiger partial charge in [0.1, 0.15) is 6.10 Å². The predicted octanol–water partition coefficient (Wildman–Crippen LogP) is 5.61. The molecule has 1 N–H and O–H groups in total. The van der Waals surface area contributed by atoms with Crippen LogP contribution in [0, 0.1) is 22.7 Å². The van der Waals surface area contributed by atoms with Gasteiger partial charge in [-0.2, -0.15) is 0 Å². The molecule has 2 fully saturated rings. The summed E-state index contributed by atoms with van der Waals surface area (Å²) in [5.41, 5.74) is -0.759. The number of carbonyl (C=O) groups is 1. The van der Waals surface area contributed by atoms with Gasteiger partial charge in [-0.3, -0.25) is 4.79 Å². The molecule has 2 rings (SSSR count). The molecule has 0 heterocycles. The van der Waals surface area contributed by atoms with Crippen molar-refractivity contribution in [3.05, 3.63) is 0 Å². The average Bonchev–Trinajstić information content (AvgIpc) is 2.56. The lowest BCUT2D eigenvalue weighted by Gasteiger charge is -2.62. The lowest BCUT2D eigenvalue weighted by atomic mass is 9.45. The van der Waals surface area contributed by atoms with E-state index >= 15 is 0 Å². The van der Waals surface area contributed by atoms with Crippen LogP contribution in [0.2, 0.25) is 0 Å². The van der Waals surface area contributed by atoms with Crippen LogP contribution in [-0.2, 0) is 14.3 Å². The molecule has 162 valence electrons. The Balaban J connectivity index is 0.00000123. The van der Waals surface area contributed by atoms with Crippen LogP contribution in [0.5, 0.6) is 0 Å². The third kappa shape index (κ3) is 5.93. The van der Waals surface area contributed by atoms with Crippen LogP contribution in [0.25, 0.3) is 0 Å². The number of carbonyl (C=O) groups excluding carboxylic acids is 1. The highest BCUT2D eigenvalue weighted by atomic mass is 16.5. The van der Waals surface area contributed by atoms with E-state index in [1.807, 2.05) is 20.8 Å². The Kier molecular flexibility index (Phi) is 10.6. The van der Waals surface area contributed by atoms with Crippen molar-refractivity contribution in [2.45, 2.75) is 106 Å². The van der Waals surface area contributed by atoms with Gasteiger partial charge in [0, 0.05) is 25.4 Å². The van der Waals surface area contributed by atoms with E-state index in [1.54, 1.807) is 7.11 Å². The summed E-state index contributed by atoms with van der Waals surface area (Å²) in [6.45, 7) is 19.0. The van der Waals surface area contributed by atoms with E-state index in [9.17, 15) is 9.90 Å². The van der Waals surface area contributed by atoms with E-state index in [1.165, 1.54) is 13.3 Å². The molecule has 5 atom stereocenters. The molecule has 27 heavy (non-hydrogen) atoms. The molecule has 2 saturated carbocycles. The molecule has 0 aromatic heterocycles. The Morgan fingerprint density at radius 2 is 1.59 bits per heavy atom. The Bertz CT molecular complexity index is 444. The van der Waals surface area contributed by atoms with Crippen molar-refractivity contribution in [1.82, 2.24) is 0 Å². The molecule has 0 spiro atoms. The van der Waals surface area contributed by atoms with E-state index in [0.29, 0.717) is 12.5 Å². The normalized spacial score (nSPS) is 36.9. The zero-order valence-corrected chi connectivity index (χ0v) is 19.6. The van der Waals surface area contributed by atoms with Gasteiger partial charge < -0.3 is 14.6 Å². The number of hydrogen-bond donors (Lipinski definition) is 1. The zero-order valence-electron chi connectivity index (χ0n) is 19.6. The van der Waals surface area contributed by atoms with E-state index < -0.39 is 5.60 Å². The van der Waals surface area contributed by atoms with Crippen LogP contribution in [0.4, 0.5) is 0 Å². The van der Waals surface area contributed by atoms with Crippen LogP contribution in [0.3, 0.4) is 0 Å². The van der Waals surface area contributed by atoms with Gasteiger partial charge in [-0.15, -0.1) is 0 Å². The van der Waals surface area contributed by atoms with Crippen molar-refractivity contribution in [3.8, 4) is 0 Å². The van der Waals surface area contributed by atoms with Crippen molar-refractivity contribution in [2.75, 3.05) is 13.7 Å². The van der Waals surface area contributed by atoms with Crippen LogP contribution in [0.15, 0.2) is 0 Å². The SMILES string of the molecule is CC.CCC.COCC1C(C)(O)CCC2C(C)(C)C(OC(C)=O)CCC12C. The van der Waals surface area contributed by atoms with Gasteiger partial charge in [-0.05, 0) is 43.9 Å². The van der Waals surface area contributed by atoms with Crippen molar-refractivity contribution in [3.63, 3.8) is 0 Å². The summed E-state index contributed by atoms with van der Waals surface area (Å²) < 4.78 is 11.1. The van der Waals surface area contributed by atoms with Gasteiger partial charge in [-0.1, -0.05) is 54.9 Å². The second-order valence-electron chi connectivity index (χ2n) is 9.13. The predicted molar refractivity (Wildman–Crippen MR) is 113 cm³/mol. The van der Waals surface area contributed by atoms with Crippen LogP contribution < -0.4 is 0 Å². The quantitative estimate of drug-likeness (QED) is 0.640. The summed E-state index contributed by atoms with van der Waals surface area (Å²) in [6.07, 6.45) is 4.78. The summed E-state index contributed by atoms with van der Waals surface area (Å²) in [5, 5.41) is 10.9. The largest absolute Gasteiger partial charge is 0.462 e. The molecule has 0 saturated heterocycles. The lowest BCUT2D eigenvalue weighted by molar-refractivity contribution is -0.213. The van der Waals surface area contributed by atoms with Crippen molar-refractivity contribution in [2.24, 2.45) is 22.7 Å². The molecule has 0 aliphatic heterocycles. The summed E-state index contributed by atoms with van der Waals surface area (Å²) in [4.78, 5) is 11.4. The van der Waals surface area contributed by atoms with Gasteiger partial charge in [0.15, 0.2) is 0 Å². The molecular weight excluding hydrogens is 340 g/mol. The van der Waals surface area contributed by atoms with Gasteiger partial charge in [0.2, 0.25) is 0 Å². The Hall–Kier alpha value is -0.610. The average molecular weight is 387 g/mol. The minimum absolute atomic E-state index is 0.0118. The smallest absolute Gasteiger partial charge is 0.302 e. The van der Waals surface area contributed by atoms with Gasteiger partial charge in [-0.25, -0.2) is 0 Å². The molecule has 0 radical (unpaired) electrons. The van der Waals surface area contributed by atoms with Crippen LogP contribution in [-0.4, -0.2) is 36.5 Å². The van der Waals surface area contributed by atoms with Crippen molar-refractivity contribution < 1.29 is 19.4 Å². The first-order chi connectivity index (χ1) is 12.5. The highest BCUT2D eigenvalue weighted by molar-refractivity contribution is 5.66. The summed E-state index contributed by atoms with van der Waals surface area (Å²) >= 11 is 0. The highest BCUT2D eigenvalue weighted by Gasteiger charge is 2.61. The third-order valence-corrected chi connectivity index (χ3v) is 6.60. The van der Waals surface area contributed by atoms with E-state index in [2.05, 4.69) is 34.6 Å². The second-order valence-corrected chi connectivity index (χ2v) is 9.13. The standard InChI is InChI=1S/C18H32O4.C3H8.C2H6/c1-12(19)22-15-8-9-17(4)13(16(15,2)3)7-10-18(5,20)14(17)11-21-6;1-3-2;1-2/h13-15,20H,7-11H2,1-6H3;3H2,1-2H3;1-2H3. The topological polar surface area (TPSA) is 55.8 Å². The molecule has 2 aliphatic carbocycles. The number of ether oxygens (including phenoxy) is 2. The fourth-order valence-corrected chi connectivity index (χ4v) is 5.45. The van der Waals surface area contributed by atoms with Gasteiger partial charge in [0.25, 0.3) is 0 Å². The number of rotatable bonds is 3. The molecule has 0 aromatic rings. The molecule has 0 bridgehead atoms. The third-order valence-electron chi connectivity index (χ3n) is 6.60. The molecule has 0 aromatic carbocycles. The molecule has 5 unspecified atom stereocenters. The number of methoxy groups -OCH3 is 1. The Morgan fingerprint density at radius 3 is 2.04 bits per heavy atom. The molecule has 0 amide bonds. The molecule has 4 nitrogen and oxygen atoms in total. The van der Waals surface area contributed by atoms with E-state index in [4.69, 9.17) is 9.47 Å². The maximum atomic E-state index is 11.4. The maximum absolute atomic E-state index is 11.4. The Morgan fingerprint density at radius 1 is 1.07 bits per heavy atom. The fraction of sp³-hybridized carbons (Fsp3) is 0.957. The second kappa shape index (κ2) is 10.8. The van der Waals surface area contributed by atoms with Crippen LogP contribution in [0.1, 0.15) is 94.4 Å². The summed E-state index contributed by atoms with van der Waals surface area (Å²) in [5.74, 6) is 0.331. The van der Waals surface area contributed by atoms with E-state index in [0.717, 1.165) is 25.7 Å². The first-order valence-corrected chi connectivity index (χ1v) is 10.9. The fourth-order valence-electron chi connectivity index (χ4n) is 5.45. The zero-order chi connectivity index (χ0) is 21.5. The number of hydrogen-bond acceptors (Lipinski definition) is 4. The molecule has 4 heteroatoms. The number of aliphatic hydroxyl groups is 1. The lowest BCUT2D eigenvalue weighted by Crippen LogP contribution is -2.62. The van der Waals surface area contributed by atoms with Gasteiger partial charge >= 0.3 is 5.97 Å². The molecule has 2 aliphatic rings. The molecular formula is C23H46O4. The highest BCUT2D eigenvalue weighted by Crippen LogP contribution is 2.62. The maximum Gasteiger partial charge on any atom is 0.302 e. The summed E-state index contributed by atoms with van der Waals surface area (Å²) in [7, 11) is 1.71. The number of esters is 1.